The molecule has 0 saturated carbocycles. The molecule has 5 heteroatoms. The van der Waals surface area contributed by atoms with Crippen LogP contribution in [-0.4, -0.2) is 28.6 Å². The lowest BCUT2D eigenvalue weighted by atomic mass is 10.2. The first kappa shape index (κ1) is 12.4. The van der Waals surface area contributed by atoms with E-state index in [0.717, 1.165) is 6.42 Å². The van der Waals surface area contributed by atoms with E-state index in [9.17, 15) is 4.79 Å². The number of hydrogen-bond donors (Lipinski definition) is 3. The molecule has 1 aromatic rings. The van der Waals surface area contributed by atoms with Crippen LogP contribution in [0.5, 0.6) is 0 Å². The summed E-state index contributed by atoms with van der Waals surface area (Å²) >= 11 is 0. The molecule has 0 radical (unpaired) electrons. The van der Waals surface area contributed by atoms with Crippen molar-refractivity contribution in [3.05, 3.63) is 24.0 Å². The van der Waals surface area contributed by atoms with Crippen molar-refractivity contribution < 1.29 is 9.90 Å². The van der Waals surface area contributed by atoms with Gasteiger partial charge < -0.3 is 16.2 Å². The van der Waals surface area contributed by atoms with Gasteiger partial charge in [0.05, 0.1) is 11.8 Å². The predicted molar refractivity (Wildman–Crippen MR) is 61.9 cm³/mol. The smallest absolute Gasteiger partial charge is 0.272 e. The summed E-state index contributed by atoms with van der Waals surface area (Å²) in [7, 11) is 0. The number of carbonyl (C=O) groups excluding carboxylic acids is 1. The molecule has 0 aliphatic carbocycles. The molecular weight excluding hydrogens is 206 g/mol. The second-order valence-corrected chi connectivity index (χ2v) is 3.69. The number of rotatable bonds is 5. The Bertz CT molecular complexity index is 353. The van der Waals surface area contributed by atoms with E-state index in [0.29, 0.717) is 18.7 Å². The van der Waals surface area contributed by atoms with E-state index < -0.39 is 0 Å². The topological polar surface area (TPSA) is 88.2 Å². The number of aliphatic hydroxyl groups excluding tert-OH is 1. The highest BCUT2D eigenvalue weighted by atomic mass is 16.3. The minimum Gasteiger partial charge on any atom is -0.397 e. The second-order valence-electron chi connectivity index (χ2n) is 3.69. The van der Waals surface area contributed by atoms with Gasteiger partial charge in [-0.15, -0.1) is 0 Å². The molecule has 0 aliphatic heterocycles. The van der Waals surface area contributed by atoms with Gasteiger partial charge in [-0.25, -0.2) is 4.98 Å². The number of anilines is 1. The van der Waals surface area contributed by atoms with E-state index in [2.05, 4.69) is 10.3 Å². The summed E-state index contributed by atoms with van der Waals surface area (Å²) in [5, 5.41) is 11.7. The first-order valence-electron chi connectivity index (χ1n) is 5.28. The molecule has 0 spiro atoms. The highest BCUT2D eigenvalue weighted by Crippen LogP contribution is 2.06. The van der Waals surface area contributed by atoms with Crippen molar-refractivity contribution in [3.8, 4) is 0 Å². The van der Waals surface area contributed by atoms with Gasteiger partial charge in [-0.1, -0.05) is 0 Å². The van der Waals surface area contributed by atoms with Crippen molar-refractivity contribution in [3.63, 3.8) is 0 Å². The zero-order valence-electron chi connectivity index (χ0n) is 9.31. The third-order valence-corrected chi connectivity index (χ3v) is 2.14. The van der Waals surface area contributed by atoms with Crippen LogP contribution in [-0.2, 0) is 0 Å². The molecule has 4 N–H and O–H groups in total. The van der Waals surface area contributed by atoms with Gasteiger partial charge in [0.25, 0.3) is 5.91 Å². The summed E-state index contributed by atoms with van der Waals surface area (Å²) in [6.45, 7) is 2.23. The zero-order chi connectivity index (χ0) is 12.0. The van der Waals surface area contributed by atoms with Crippen molar-refractivity contribution in [2.24, 2.45) is 0 Å². The molecular formula is C11H17N3O2. The molecule has 0 bridgehead atoms. The third-order valence-electron chi connectivity index (χ3n) is 2.14. The largest absolute Gasteiger partial charge is 0.397 e. The minimum absolute atomic E-state index is 0.250. The van der Waals surface area contributed by atoms with Gasteiger partial charge in [0.15, 0.2) is 5.69 Å². The zero-order valence-corrected chi connectivity index (χ0v) is 9.31. The van der Waals surface area contributed by atoms with Gasteiger partial charge in [-0.2, -0.15) is 0 Å². The van der Waals surface area contributed by atoms with Crippen LogP contribution in [0, 0.1) is 0 Å². The number of nitrogen functional groups attached to an aromatic ring is 1. The van der Waals surface area contributed by atoms with Crippen molar-refractivity contribution in [1.82, 2.24) is 10.3 Å². The van der Waals surface area contributed by atoms with Gasteiger partial charge in [-0.05, 0) is 31.9 Å². The average Bonchev–Trinajstić information content (AvgIpc) is 2.24. The normalized spacial score (nSPS) is 12.1. The van der Waals surface area contributed by atoms with Crippen molar-refractivity contribution in [1.29, 1.82) is 0 Å². The molecule has 1 aromatic heterocycles. The fourth-order valence-electron chi connectivity index (χ4n) is 1.29. The maximum absolute atomic E-state index is 11.6. The number of nitrogens with two attached hydrogens (primary N) is 1. The summed E-state index contributed by atoms with van der Waals surface area (Å²) < 4.78 is 0. The first-order valence-corrected chi connectivity index (χ1v) is 5.28. The van der Waals surface area contributed by atoms with Crippen molar-refractivity contribution in [2.45, 2.75) is 25.9 Å². The van der Waals surface area contributed by atoms with Crippen LogP contribution in [0.3, 0.4) is 0 Å². The van der Waals surface area contributed by atoms with Gasteiger partial charge in [0.1, 0.15) is 0 Å². The average molecular weight is 223 g/mol. The summed E-state index contributed by atoms with van der Waals surface area (Å²) in [6, 6.07) is 3.32. The molecule has 16 heavy (non-hydrogen) atoms. The Morgan fingerprint density at radius 3 is 3.06 bits per heavy atom. The monoisotopic (exact) mass is 223 g/mol. The molecule has 1 unspecified atom stereocenters. The van der Waals surface area contributed by atoms with Gasteiger partial charge >= 0.3 is 0 Å². The fourth-order valence-corrected chi connectivity index (χ4v) is 1.29. The molecule has 1 atom stereocenters. The number of amides is 1. The van der Waals surface area contributed by atoms with Crippen LogP contribution in [0.1, 0.15) is 30.3 Å². The molecule has 88 valence electrons. The number of carbonyl (C=O) groups is 1. The predicted octanol–water partition coefficient (Wildman–Crippen LogP) is 0.555. The quantitative estimate of drug-likeness (QED) is 0.636. The molecule has 0 saturated heterocycles. The molecule has 1 rings (SSSR count). The number of aromatic nitrogens is 1. The number of nitrogens with zero attached hydrogens (tertiary/aromatic N) is 1. The highest BCUT2D eigenvalue weighted by molar-refractivity contribution is 5.96. The summed E-state index contributed by atoms with van der Waals surface area (Å²) in [4.78, 5) is 15.5. The standard InChI is InChI=1S/C11H17N3O2/c1-8(15)4-2-7-14-11(16)10-9(12)5-3-6-13-10/h3,5-6,8,15H,2,4,7,12H2,1H3,(H,14,16). The first-order chi connectivity index (χ1) is 7.61. The summed E-state index contributed by atoms with van der Waals surface area (Å²) in [5.41, 5.74) is 6.23. The van der Waals surface area contributed by atoms with Crippen LogP contribution in [0.2, 0.25) is 0 Å². The molecule has 0 fully saturated rings. The van der Waals surface area contributed by atoms with E-state index in [1.807, 2.05) is 0 Å². The van der Waals surface area contributed by atoms with Gasteiger partial charge in [0, 0.05) is 12.7 Å². The summed E-state index contributed by atoms with van der Waals surface area (Å²) in [6.07, 6.45) is 2.59. The lowest BCUT2D eigenvalue weighted by Crippen LogP contribution is -2.26. The lowest BCUT2D eigenvalue weighted by Gasteiger charge is -2.07. The number of aliphatic hydroxyl groups is 1. The Labute approximate surface area is 94.7 Å². The number of nitrogens with one attached hydrogen (secondary N) is 1. The van der Waals surface area contributed by atoms with Crippen LogP contribution < -0.4 is 11.1 Å². The Morgan fingerprint density at radius 2 is 2.44 bits per heavy atom. The highest BCUT2D eigenvalue weighted by Gasteiger charge is 2.09. The molecule has 5 nitrogen and oxygen atoms in total. The number of pyridine rings is 1. The van der Waals surface area contributed by atoms with Gasteiger partial charge in [-0.3, -0.25) is 4.79 Å². The van der Waals surface area contributed by atoms with Gasteiger partial charge in [0.2, 0.25) is 0 Å². The lowest BCUT2D eigenvalue weighted by molar-refractivity contribution is 0.0945. The van der Waals surface area contributed by atoms with Crippen LogP contribution in [0.15, 0.2) is 18.3 Å². The maximum Gasteiger partial charge on any atom is 0.272 e. The number of hydrogen-bond acceptors (Lipinski definition) is 4. The van der Waals surface area contributed by atoms with Crippen molar-refractivity contribution in [2.75, 3.05) is 12.3 Å². The van der Waals surface area contributed by atoms with E-state index in [1.165, 1.54) is 6.20 Å². The molecule has 1 amide bonds. The Hall–Kier alpha value is -1.62. The van der Waals surface area contributed by atoms with E-state index in [1.54, 1.807) is 19.1 Å². The fraction of sp³-hybridized carbons (Fsp3) is 0.455. The SMILES string of the molecule is CC(O)CCCNC(=O)c1ncccc1N. The van der Waals surface area contributed by atoms with E-state index in [4.69, 9.17) is 10.8 Å². The Balaban J connectivity index is 2.39. The van der Waals surface area contributed by atoms with Crippen LogP contribution >= 0.6 is 0 Å². The summed E-state index contributed by atoms with van der Waals surface area (Å²) in [5.74, 6) is -0.274. The molecule has 0 aliphatic rings. The van der Waals surface area contributed by atoms with E-state index in [-0.39, 0.29) is 17.7 Å². The third kappa shape index (κ3) is 3.86. The second kappa shape index (κ2) is 6.07. The van der Waals surface area contributed by atoms with Crippen LogP contribution in [0.4, 0.5) is 5.69 Å². The van der Waals surface area contributed by atoms with Crippen molar-refractivity contribution >= 4 is 11.6 Å². The Morgan fingerprint density at radius 1 is 1.69 bits per heavy atom. The molecule has 1 heterocycles. The molecule has 0 aromatic carbocycles. The van der Waals surface area contributed by atoms with Crippen LogP contribution in [0.25, 0.3) is 0 Å². The minimum atomic E-state index is -0.336. The Kier molecular flexibility index (Phi) is 4.72. The maximum atomic E-state index is 11.6. The van der Waals surface area contributed by atoms with E-state index >= 15 is 0 Å².